The molecule has 1 aromatic carbocycles. The number of halogens is 2. The van der Waals surface area contributed by atoms with Crippen molar-refractivity contribution >= 4 is 29.7 Å². The van der Waals surface area contributed by atoms with Crippen LogP contribution in [-0.2, 0) is 24.3 Å². The maximum Gasteiger partial charge on any atom is 0.322 e. The Labute approximate surface area is 167 Å². The molecule has 0 aliphatic carbocycles. The van der Waals surface area contributed by atoms with E-state index in [1.54, 1.807) is 4.90 Å². The Kier molecular flexibility index (Phi) is 6.30. The van der Waals surface area contributed by atoms with Gasteiger partial charge in [-0.15, -0.1) is 0 Å². The molecule has 0 bridgehead atoms. The van der Waals surface area contributed by atoms with Crippen molar-refractivity contribution in [1.82, 2.24) is 20.0 Å². The monoisotopic (exact) mass is 405 g/mol. The summed E-state index contributed by atoms with van der Waals surface area (Å²) in [5.74, 6) is -0.527. The topological polar surface area (TPSA) is 79.3 Å². The summed E-state index contributed by atoms with van der Waals surface area (Å²) >= 11 is 5.77. The van der Waals surface area contributed by atoms with Crippen LogP contribution in [-0.4, -0.2) is 40.2 Å². The van der Waals surface area contributed by atoms with Gasteiger partial charge in [0.25, 0.3) is 0 Å². The molecule has 7 nitrogen and oxygen atoms in total. The number of nitrogens with zero attached hydrogens (tertiary/aromatic N) is 3. The number of nitrogens with one attached hydrogen (secondary N) is 2. The Balaban J connectivity index is 1.64. The molecular formula is C19H21ClFN5O2. The van der Waals surface area contributed by atoms with Crippen LogP contribution in [0, 0.1) is 12.7 Å². The SMILES string of the molecule is Cc1c2c(nn1C/C=C\CNC=O)CCN(C(=O)Nc1ccc(F)c(Cl)c1)C2. The molecule has 2 heterocycles. The van der Waals surface area contributed by atoms with Gasteiger partial charge >= 0.3 is 6.03 Å². The number of amides is 3. The molecule has 1 aromatic heterocycles. The number of carbonyl (C=O) groups excluding carboxylic acids is 2. The van der Waals surface area contributed by atoms with Gasteiger partial charge in [-0.1, -0.05) is 23.8 Å². The zero-order valence-electron chi connectivity index (χ0n) is 15.4. The molecule has 0 atom stereocenters. The quantitative estimate of drug-likeness (QED) is 0.440. The van der Waals surface area contributed by atoms with Crippen LogP contribution < -0.4 is 10.6 Å². The van der Waals surface area contributed by atoms with Crippen molar-refractivity contribution in [2.75, 3.05) is 18.4 Å². The Bertz CT molecular complexity index is 912. The summed E-state index contributed by atoms with van der Waals surface area (Å²) in [6.07, 6.45) is 5.12. The minimum atomic E-state index is -0.527. The number of urea groups is 1. The second kappa shape index (κ2) is 8.88. The second-order valence-corrected chi connectivity index (χ2v) is 6.83. The van der Waals surface area contributed by atoms with Crippen molar-refractivity contribution in [2.45, 2.75) is 26.4 Å². The van der Waals surface area contributed by atoms with E-state index in [0.717, 1.165) is 17.0 Å². The van der Waals surface area contributed by atoms with Crippen LogP contribution in [0.15, 0.2) is 30.4 Å². The summed E-state index contributed by atoms with van der Waals surface area (Å²) in [4.78, 5) is 24.5. The van der Waals surface area contributed by atoms with E-state index in [2.05, 4.69) is 15.7 Å². The van der Waals surface area contributed by atoms with E-state index in [9.17, 15) is 14.0 Å². The fourth-order valence-corrected chi connectivity index (χ4v) is 3.24. The van der Waals surface area contributed by atoms with Gasteiger partial charge in [0.1, 0.15) is 5.82 Å². The highest BCUT2D eigenvalue weighted by molar-refractivity contribution is 6.31. The van der Waals surface area contributed by atoms with Gasteiger partial charge in [0, 0.05) is 36.5 Å². The average Bonchev–Trinajstić information content (AvgIpc) is 3.00. The van der Waals surface area contributed by atoms with Crippen molar-refractivity contribution in [2.24, 2.45) is 0 Å². The van der Waals surface area contributed by atoms with Gasteiger partial charge in [-0.05, 0) is 25.1 Å². The van der Waals surface area contributed by atoms with E-state index in [0.29, 0.717) is 44.7 Å². The molecule has 0 saturated carbocycles. The van der Waals surface area contributed by atoms with E-state index < -0.39 is 5.82 Å². The highest BCUT2D eigenvalue weighted by atomic mass is 35.5. The van der Waals surface area contributed by atoms with Crippen LogP contribution >= 0.6 is 11.6 Å². The first kappa shape index (κ1) is 19.9. The molecule has 0 spiro atoms. The standard InChI is InChI=1S/C19H21ClFN5O2/c1-13-15-11-25(19(28)23-14-4-5-17(21)16(20)10-14)9-6-18(15)24-26(13)8-3-2-7-22-12-27/h2-5,10,12H,6-9,11H2,1H3,(H,22,27)(H,23,28)/b3-2-. The second-order valence-electron chi connectivity index (χ2n) is 6.42. The van der Waals surface area contributed by atoms with Crippen LogP contribution in [0.1, 0.15) is 17.0 Å². The maximum atomic E-state index is 13.3. The molecule has 0 saturated heterocycles. The minimum Gasteiger partial charge on any atom is -0.355 e. The van der Waals surface area contributed by atoms with Crippen LogP contribution in [0.5, 0.6) is 0 Å². The van der Waals surface area contributed by atoms with E-state index in [1.165, 1.54) is 18.2 Å². The van der Waals surface area contributed by atoms with Gasteiger partial charge in [0.15, 0.2) is 0 Å². The van der Waals surface area contributed by atoms with Gasteiger partial charge in [-0.25, -0.2) is 9.18 Å². The van der Waals surface area contributed by atoms with E-state index >= 15 is 0 Å². The Hall–Kier alpha value is -2.87. The Morgan fingerprint density at radius 1 is 1.39 bits per heavy atom. The third kappa shape index (κ3) is 4.51. The zero-order valence-corrected chi connectivity index (χ0v) is 16.2. The van der Waals surface area contributed by atoms with Crippen LogP contribution in [0.4, 0.5) is 14.9 Å². The lowest BCUT2D eigenvalue weighted by atomic mass is 10.1. The highest BCUT2D eigenvalue weighted by Crippen LogP contribution is 2.24. The first-order valence-electron chi connectivity index (χ1n) is 8.87. The highest BCUT2D eigenvalue weighted by Gasteiger charge is 2.25. The molecule has 9 heteroatoms. The lowest BCUT2D eigenvalue weighted by Crippen LogP contribution is -2.38. The smallest absolute Gasteiger partial charge is 0.322 e. The summed E-state index contributed by atoms with van der Waals surface area (Å²) in [5, 5.41) is 9.91. The lowest BCUT2D eigenvalue weighted by Gasteiger charge is -2.27. The van der Waals surface area contributed by atoms with Crippen molar-refractivity contribution in [3.05, 3.63) is 58.1 Å². The fraction of sp³-hybridized carbons (Fsp3) is 0.316. The number of allylic oxidation sites excluding steroid dienone is 1. The number of rotatable bonds is 6. The average molecular weight is 406 g/mol. The number of benzene rings is 1. The van der Waals surface area contributed by atoms with Crippen molar-refractivity contribution in [3.8, 4) is 0 Å². The molecule has 2 aromatic rings. The summed E-state index contributed by atoms with van der Waals surface area (Å²) in [6, 6.07) is 3.82. The summed E-state index contributed by atoms with van der Waals surface area (Å²) in [6.45, 7) is 4.05. The predicted octanol–water partition coefficient (Wildman–Crippen LogP) is 2.88. The number of fused-ring (bicyclic) bond motifs is 1. The molecule has 2 N–H and O–H groups in total. The molecule has 148 valence electrons. The Morgan fingerprint density at radius 2 is 2.21 bits per heavy atom. The number of aromatic nitrogens is 2. The first-order valence-corrected chi connectivity index (χ1v) is 9.25. The third-order valence-electron chi connectivity index (χ3n) is 4.60. The van der Waals surface area contributed by atoms with Gasteiger partial charge in [-0.3, -0.25) is 9.48 Å². The van der Waals surface area contributed by atoms with Crippen LogP contribution in [0.3, 0.4) is 0 Å². The molecule has 0 radical (unpaired) electrons. The molecule has 3 amide bonds. The number of anilines is 1. The van der Waals surface area contributed by atoms with Gasteiger partial charge in [0.2, 0.25) is 6.41 Å². The lowest BCUT2D eigenvalue weighted by molar-refractivity contribution is -0.109. The molecular weight excluding hydrogens is 385 g/mol. The Morgan fingerprint density at radius 3 is 2.96 bits per heavy atom. The number of carbonyl (C=O) groups is 2. The van der Waals surface area contributed by atoms with Gasteiger partial charge in [-0.2, -0.15) is 5.10 Å². The molecule has 28 heavy (non-hydrogen) atoms. The molecule has 0 unspecified atom stereocenters. The van der Waals surface area contributed by atoms with Crippen molar-refractivity contribution in [3.63, 3.8) is 0 Å². The zero-order chi connectivity index (χ0) is 20.1. The normalized spacial score (nSPS) is 13.5. The van der Waals surface area contributed by atoms with Crippen LogP contribution in [0.25, 0.3) is 0 Å². The van der Waals surface area contributed by atoms with Crippen molar-refractivity contribution < 1.29 is 14.0 Å². The summed E-state index contributed by atoms with van der Waals surface area (Å²) in [7, 11) is 0. The van der Waals surface area contributed by atoms with Gasteiger partial charge in [0.05, 0.1) is 23.8 Å². The predicted molar refractivity (Wildman–Crippen MR) is 105 cm³/mol. The summed E-state index contributed by atoms with van der Waals surface area (Å²) < 4.78 is 15.2. The molecule has 0 fully saturated rings. The van der Waals surface area contributed by atoms with Gasteiger partial charge < -0.3 is 15.5 Å². The number of hydrogen-bond donors (Lipinski definition) is 2. The molecule has 1 aliphatic heterocycles. The number of hydrogen-bond acceptors (Lipinski definition) is 3. The maximum absolute atomic E-state index is 13.3. The van der Waals surface area contributed by atoms with E-state index in [-0.39, 0.29) is 11.1 Å². The minimum absolute atomic E-state index is 0.0350. The fourth-order valence-electron chi connectivity index (χ4n) is 3.06. The van der Waals surface area contributed by atoms with Crippen LogP contribution in [0.2, 0.25) is 5.02 Å². The molecule has 1 aliphatic rings. The van der Waals surface area contributed by atoms with E-state index in [1.807, 2.05) is 23.8 Å². The summed E-state index contributed by atoms with van der Waals surface area (Å²) in [5.41, 5.74) is 3.48. The van der Waals surface area contributed by atoms with E-state index in [4.69, 9.17) is 11.6 Å². The largest absolute Gasteiger partial charge is 0.355 e. The first-order chi connectivity index (χ1) is 13.5. The van der Waals surface area contributed by atoms with Crippen molar-refractivity contribution in [1.29, 1.82) is 0 Å². The third-order valence-corrected chi connectivity index (χ3v) is 4.89. The molecule has 3 rings (SSSR count).